The maximum atomic E-state index is 13.2. The van der Waals surface area contributed by atoms with Gasteiger partial charge >= 0.3 is 0 Å². The molecular weight excluding hydrogens is 155 g/mol. The minimum absolute atomic E-state index is 0.0772. The third kappa shape index (κ3) is 1.36. The van der Waals surface area contributed by atoms with Crippen LogP contribution in [0.3, 0.4) is 0 Å². The Hall–Kier alpha value is -0.860. The van der Waals surface area contributed by atoms with Crippen LogP contribution in [0.25, 0.3) is 0 Å². The summed E-state index contributed by atoms with van der Waals surface area (Å²) in [5.74, 6) is -0.236. The minimum atomic E-state index is -0.236. The number of halogens is 1. The van der Waals surface area contributed by atoms with E-state index in [1.54, 1.807) is 14.0 Å². The second-order valence-corrected chi connectivity index (χ2v) is 4.14. The molecule has 0 aliphatic carbocycles. The quantitative estimate of drug-likeness (QED) is 0.583. The van der Waals surface area contributed by atoms with E-state index in [-0.39, 0.29) is 11.4 Å². The van der Waals surface area contributed by atoms with E-state index < -0.39 is 0 Å². The maximum absolute atomic E-state index is 13.2. The smallest absolute Gasteiger partial charge is 0.214 e. The van der Waals surface area contributed by atoms with Gasteiger partial charge in [-0.25, -0.2) is 4.68 Å². The van der Waals surface area contributed by atoms with Crippen molar-refractivity contribution >= 4 is 0 Å². The topological polar surface area (TPSA) is 17.8 Å². The molecule has 1 aromatic heterocycles. The summed E-state index contributed by atoms with van der Waals surface area (Å²) in [5.41, 5.74) is 1.42. The Kier molecular flexibility index (Phi) is 1.98. The van der Waals surface area contributed by atoms with E-state index in [9.17, 15) is 4.39 Å². The Morgan fingerprint density at radius 2 is 1.83 bits per heavy atom. The molecule has 0 saturated carbocycles. The lowest BCUT2D eigenvalue weighted by Gasteiger charge is -2.15. The predicted octanol–water partition coefficient (Wildman–Crippen LogP) is 2.17. The molecule has 1 rings (SSSR count). The fourth-order valence-electron chi connectivity index (χ4n) is 1.32. The van der Waals surface area contributed by atoms with E-state index >= 15 is 0 Å². The standard InChI is InChI=1S/C9H15FN2/c1-6-7(9(2,3)4)11-12(5)8(6)10/h1-5H3. The van der Waals surface area contributed by atoms with Crippen molar-refractivity contribution in [1.29, 1.82) is 0 Å². The lowest BCUT2D eigenvalue weighted by molar-refractivity contribution is 0.494. The minimum Gasteiger partial charge on any atom is -0.242 e. The van der Waals surface area contributed by atoms with Gasteiger partial charge in [0.05, 0.1) is 5.69 Å². The van der Waals surface area contributed by atoms with Gasteiger partial charge in [-0.05, 0) is 6.92 Å². The first-order valence-corrected chi connectivity index (χ1v) is 4.03. The second kappa shape index (κ2) is 2.57. The molecule has 0 aliphatic rings. The molecule has 0 radical (unpaired) electrons. The van der Waals surface area contributed by atoms with Gasteiger partial charge in [-0.2, -0.15) is 9.49 Å². The monoisotopic (exact) mass is 170 g/mol. The molecule has 0 amide bonds. The van der Waals surface area contributed by atoms with Crippen molar-refractivity contribution in [2.45, 2.75) is 33.1 Å². The Bertz CT molecular complexity index is 294. The highest BCUT2D eigenvalue weighted by Gasteiger charge is 2.23. The molecule has 0 atom stereocenters. The molecule has 0 N–H and O–H groups in total. The van der Waals surface area contributed by atoms with Crippen LogP contribution in [0.1, 0.15) is 32.0 Å². The van der Waals surface area contributed by atoms with E-state index in [4.69, 9.17) is 0 Å². The number of nitrogens with zero attached hydrogens (tertiary/aromatic N) is 2. The van der Waals surface area contributed by atoms with Crippen LogP contribution >= 0.6 is 0 Å². The van der Waals surface area contributed by atoms with Crippen molar-refractivity contribution in [2.75, 3.05) is 0 Å². The highest BCUT2D eigenvalue weighted by Crippen LogP contribution is 2.24. The molecule has 0 saturated heterocycles. The molecule has 0 aromatic carbocycles. The Balaban J connectivity index is 3.28. The molecule has 1 heterocycles. The molecule has 12 heavy (non-hydrogen) atoms. The normalized spacial score (nSPS) is 12.2. The molecule has 3 heteroatoms. The maximum Gasteiger partial charge on any atom is 0.214 e. The van der Waals surface area contributed by atoms with Crippen molar-refractivity contribution < 1.29 is 4.39 Å². The van der Waals surface area contributed by atoms with Crippen LogP contribution in [0.5, 0.6) is 0 Å². The zero-order valence-corrected chi connectivity index (χ0v) is 8.27. The number of rotatable bonds is 0. The predicted molar refractivity (Wildman–Crippen MR) is 46.6 cm³/mol. The second-order valence-electron chi connectivity index (χ2n) is 4.14. The van der Waals surface area contributed by atoms with Crippen LogP contribution < -0.4 is 0 Å². The van der Waals surface area contributed by atoms with E-state index in [2.05, 4.69) is 5.10 Å². The summed E-state index contributed by atoms with van der Waals surface area (Å²) in [6, 6.07) is 0. The Morgan fingerprint density at radius 3 is 2.00 bits per heavy atom. The molecule has 1 aromatic rings. The summed E-state index contributed by atoms with van der Waals surface area (Å²) in [4.78, 5) is 0. The molecule has 0 unspecified atom stereocenters. The van der Waals surface area contributed by atoms with Crippen LogP contribution in [0.4, 0.5) is 4.39 Å². The molecular formula is C9H15FN2. The van der Waals surface area contributed by atoms with Crippen LogP contribution in [0.15, 0.2) is 0 Å². The molecule has 0 fully saturated rings. The number of aryl methyl sites for hydroxylation is 1. The third-order valence-corrected chi connectivity index (χ3v) is 1.91. The van der Waals surface area contributed by atoms with Gasteiger partial charge in [0, 0.05) is 18.0 Å². The van der Waals surface area contributed by atoms with Crippen molar-refractivity contribution in [3.05, 3.63) is 17.2 Å². The fourth-order valence-corrected chi connectivity index (χ4v) is 1.32. The van der Waals surface area contributed by atoms with Crippen LogP contribution in [0, 0.1) is 12.9 Å². The van der Waals surface area contributed by atoms with E-state index in [0.29, 0.717) is 5.56 Å². The number of aromatic nitrogens is 2. The van der Waals surface area contributed by atoms with Crippen molar-refractivity contribution in [3.8, 4) is 0 Å². The van der Waals surface area contributed by atoms with Gasteiger partial charge in [0.2, 0.25) is 5.95 Å². The van der Waals surface area contributed by atoms with E-state index in [1.807, 2.05) is 20.8 Å². The highest BCUT2D eigenvalue weighted by atomic mass is 19.1. The fraction of sp³-hybridized carbons (Fsp3) is 0.667. The average Bonchev–Trinajstić information content (AvgIpc) is 2.15. The van der Waals surface area contributed by atoms with Crippen molar-refractivity contribution in [2.24, 2.45) is 7.05 Å². The molecule has 2 nitrogen and oxygen atoms in total. The summed E-state index contributed by atoms with van der Waals surface area (Å²) in [5, 5.41) is 4.12. The first-order chi connectivity index (χ1) is 5.34. The largest absolute Gasteiger partial charge is 0.242 e. The summed E-state index contributed by atoms with van der Waals surface area (Å²) in [6.07, 6.45) is 0. The van der Waals surface area contributed by atoms with Gasteiger partial charge in [0.1, 0.15) is 0 Å². The van der Waals surface area contributed by atoms with Gasteiger partial charge in [0.15, 0.2) is 0 Å². The van der Waals surface area contributed by atoms with Gasteiger partial charge in [-0.3, -0.25) is 0 Å². The Labute approximate surface area is 72.4 Å². The lowest BCUT2D eigenvalue weighted by atomic mass is 9.90. The average molecular weight is 170 g/mol. The molecule has 68 valence electrons. The van der Waals surface area contributed by atoms with Gasteiger partial charge in [-0.15, -0.1) is 0 Å². The van der Waals surface area contributed by atoms with E-state index in [1.165, 1.54) is 4.68 Å². The SMILES string of the molecule is Cc1c(C(C)(C)C)nn(C)c1F. The van der Waals surface area contributed by atoms with Gasteiger partial charge in [0.25, 0.3) is 0 Å². The summed E-state index contributed by atoms with van der Waals surface area (Å²) in [7, 11) is 1.62. The summed E-state index contributed by atoms with van der Waals surface area (Å²) >= 11 is 0. The lowest BCUT2D eigenvalue weighted by Crippen LogP contribution is -2.13. The van der Waals surface area contributed by atoms with Crippen LogP contribution in [-0.2, 0) is 12.5 Å². The Morgan fingerprint density at radius 1 is 1.33 bits per heavy atom. The third-order valence-electron chi connectivity index (χ3n) is 1.91. The molecule has 0 aliphatic heterocycles. The summed E-state index contributed by atoms with van der Waals surface area (Å²) < 4.78 is 14.5. The highest BCUT2D eigenvalue weighted by molar-refractivity contribution is 5.23. The molecule has 0 bridgehead atoms. The van der Waals surface area contributed by atoms with Crippen molar-refractivity contribution in [1.82, 2.24) is 9.78 Å². The van der Waals surface area contributed by atoms with Gasteiger partial charge < -0.3 is 0 Å². The first kappa shape index (κ1) is 9.23. The van der Waals surface area contributed by atoms with Crippen LogP contribution in [0.2, 0.25) is 0 Å². The molecule has 0 spiro atoms. The first-order valence-electron chi connectivity index (χ1n) is 4.03. The number of hydrogen-bond acceptors (Lipinski definition) is 1. The number of hydrogen-bond donors (Lipinski definition) is 0. The zero-order valence-electron chi connectivity index (χ0n) is 8.27. The summed E-state index contributed by atoms with van der Waals surface area (Å²) in [6.45, 7) is 7.86. The van der Waals surface area contributed by atoms with Crippen molar-refractivity contribution in [3.63, 3.8) is 0 Å². The van der Waals surface area contributed by atoms with Crippen LogP contribution in [-0.4, -0.2) is 9.78 Å². The van der Waals surface area contributed by atoms with Gasteiger partial charge in [-0.1, -0.05) is 20.8 Å². The zero-order chi connectivity index (χ0) is 9.52. The van der Waals surface area contributed by atoms with E-state index in [0.717, 1.165) is 5.69 Å².